The number of carbonyl (C=O) groups excluding carboxylic acids is 1. The van der Waals surface area contributed by atoms with Crippen molar-refractivity contribution in [1.82, 2.24) is 4.90 Å². The lowest BCUT2D eigenvalue weighted by Crippen LogP contribution is -2.48. The molecular formula is C24H29ClN2O3. The number of hydrogen-bond donors (Lipinski definition) is 0. The van der Waals surface area contributed by atoms with E-state index in [-0.39, 0.29) is 5.91 Å². The first-order chi connectivity index (χ1) is 14.4. The summed E-state index contributed by atoms with van der Waals surface area (Å²) in [7, 11) is 1.56. The molecule has 160 valence electrons. The van der Waals surface area contributed by atoms with Crippen LogP contribution in [0.1, 0.15) is 23.6 Å². The molecule has 1 aliphatic rings. The van der Waals surface area contributed by atoms with Crippen molar-refractivity contribution in [3.63, 3.8) is 0 Å². The molecule has 1 fully saturated rings. The molecule has 0 saturated carbocycles. The van der Waals surface area contributed by atoms with Gasteiger partial charge in [0, 0.05) is 37.9 Å². The number of anilines is 1. The second kappa shape index (κ2) is 9.90. The zero-order valence-corrected chi connectivity index (χ0v) is 18.8. The van der Waals surface area contributed by atoms with E-state index in [1.165, 1.54) is 16.8 Å². The number of methoxy groups -OCH3 is 1. The van der Waals surface area contributed by atoms with E-state index in [9.17, 15) is 4.79 Å². The fourth-order valence-electron chi connectivity index (χ4n) is 3.66. The maximum absolute atomic E-state index is 12.7. The van der Waals surface area contributed by atoms with Gasteiger partial charge < -0.3 is 19.3 Å². The highest BCUT2D eigenvalue weighted by atomic mass is 35.5. The van der Waals surface area contributed by atoms with Crippen LogP contribution >= 0.6 is 11.6 Å². The summed E-state index contributed by atoms with van der Waals surface area (Å²) in [6.45, 7) is 9.74. The van der Waals surface area contributed by atoms with E-state index in [2.05, 4.69) is 36.9 Å². The first kappa shape index (κ1) is 22.0. The molecule has 1 aliphatic heterocycles. The average Bonchev–Trinajstić information content (AvgIpc) is 2.74. The summed E-state index contributed by atoms with van der Waals surface area (Å²) in [6.07, 6.45) is 3.37. The minimum atomic E-state index is 0.000476. The molecule has 6 heteroatoms. The van der Waals surface area contributed by atoms with Gasteiger partial charge in [0.2, 0.25) is 5.91 Å². The summed E-state index contributed by atoms with van der Waals surface area (Å²) >= 11 is 6.29. The highest BCUT2D eigenvalue weighted by Gasteiger charge is 2.21. The molecule has 1 heterocycles. The Bertz CT molecular complexity index is 934. The van der Waals surface area contributed by atoms with Gasteiger partial charge in [-0.1, -0.05) is 23.7 Å². The third kappa shape index (κ3) is 4.90. The van der Waals surface area contributed by atoms with Crippen molar-refractivity contribution in [2.24, 2.45) is 0 Å². The zero-order valence-electron chi connectivity index (χ0n) is 18.1. The molecule has 3 rings (SSSR count). The van der Waals surface area contributed by atoms with Gasteiger partial charge in [-0.25, -0.2) is 0 Å². The second-order valence-electron chi connectivity index (χ2n) is 7.33. The quantitative estimate of drug-likeness (QED) is 0.624. The fourth-order valence-corrected chi connectivity index (χ4v) is 3.96. The van der Waals surface area contributed by atoms with Crippen LogP contribution in [-0.2, 0) is 4.79 Å². The Kier molecular flexibility index (Phi) is 7.27. The third-order valence-electron chi connectivity index (χ3n) is 5.46. The maximum atomic E-state index is 12.7. The molecule has 0 unspecified atom stereocenters. The van der Waals surface area contributed by atoms with Crippen molar-refractivity contribution in [1.29, 1.82) is 0 Å². The Balaban J connectivity index is 1.65. The van der Waals surface area contributed by atoms with Crippen LogP contribution in [0.3, 0.4) is 0 Å². The summed E-state index contributed by atoms with van der Waals surface area (Å²) in [5.74, 6) is 1.08. The second-order valence-corrected chi connectivity index (χ2v) is 7.74. The van der Waals surface area contributed by atoms with Gasteiger partial charge in [-0.15, -0.1) is 0 Å². The summed E-state index contributed by atoms with van der Waals surface area (Å²) in [5, 5.41) is 0.456. The van der Waals surface area contributed by atoms with Gasteiger partial charge in [0.05, 0.1) is 18.7 Å². The first-order valence-corrected chi connectivity index (χ1v) is 10.6. The number of rotatable bonds is 6. The van der Waals surface area contributed by atoms with Crippen molar-refractivity contribution in [3.8, 4) is 11.5 Å². The summed E-state index contributed by atoms with van der Waals surface area (Å²) in [5.41, 5.74) is 4.65. The molecule has 0 spiro atoms. The number of ether oxygens (including phenoxy) is 2. The number of amides is 1. The predicted molar refractivity (Wildman–Crippen MR) is 123 cm³/mol. The van der Waals surface area contributed by atoms with Crippen LogP contribution in [0.4, 0.5) is 5.69 Å². The van der Waals surface area contributed by atoms with E-state index in [0.29, 0.717) is 36.2 Å². The molecule has 1 saturated heterocycles. The molecular weight excluding hydrogens is 400 g/mol. The number of carbonyl (C=O) groups is 1. The Hall–Kier alpha value is -2.66. The number of piperazine rings is 1. The SMILES string of the molecule is CCOc1cc(/C=C\C(=O)N2CCN(c3cccc(C)c3C)CC2)cc(Cl)c1OC. The van der Waals surface area contributed by atoms with E-state index >= 15 is 0 Å². The molecule has 1 amide bonds. The molecule has 0 radical (unpaired) electrons. The van der Waals surface area contributed by atoms with E-state index in [1.54, 1.807) is 25.3 Å². The van der Waals surface area contributed by atoms with E-state index in [1.807, 2.05) is 17.9 Å². The van der Waals surface area contributed by atoms with E-state index < -0.39 is 0 Å². The van der Waals surface area contributed by atoms with Crippen molar-refractivity contribution < 1.29 is 14.3 Å². The number of benzene rings is 2. The van der Waals surface area contributed by atoms with Gasteiger partial charge in [-0.2, -0.15) is 0 Å². The molecule has 0 bridgehead atoms. The minimum absolute atomic E-state index is 0.000476. The van der Waals surface area contributed by atoms with Crippen LogP contribution in [0, 0.1) is 13.8 Å². The van der Waals surface area contributed by atoms with Crippen LogP contribution in [0.5, 0.6) is 11.5 Å². The minimum Gasteiger partial charge on any atom is -0.491 e. The molecule has 0 atom stereocenters. The van der Waals surface area contributed by atoms with Gasteiger partial charge in [-0.3, -0.25) is 4.79 Å². The zero-order chi connectivity index (χ0) is 21.7. The van der Waals surface area contributed by atoms with Crippen molar-refractivity contribution in [2.75, 3.05) is 44.8 Å². The molecule has 0 aromatic heterocycles. The molecule has 0 aliphatic carbocycles. The van der Waals surface area contributed by atoms with Crippen molar-refractivity contribution in [3.05, 3.63) is 58.1 Å². The van der Waals surface area contributed by atoms with Crippen LogP contribution in [0.25, 0.3) is 6.08 Å². The van der Waals surface area contributed by atoms with Crippen LogP contribution in [-0.4, -0.2) is 50.7 Å². The van der Waals surface area contributed by atoms with Gasteiger partial charge in [0.15, 0.2) is 11.5 Å². The fraction of sp³-hybridized carbons (Fsp3) is 0.375. The molecule has 2 aromatic carbocycles. The number of aryl methyl sites for hydroxylation is 1. The Morgan fingerprint density at radius 1 is 1.17 bits per heavy atom. The Labute approximate surface area is 183 Å². The third-order valence-corrected chi connectivity index (χ3v) is 5.74. The topological polar surface area (TPSA) is 42.0 Å². The standard InChI is InChI=1S/C24H29ClN2O3/c1-5-30-22-16-19(15-20(25)24(22)29-4)9-10-23(28)27-13-11-26(12-14-27)21-8-6-7-17(2)18(21)3/h6-10,15-16H,5,11-14H2,1-4H3/b10-9-. The van der Waals surface area contributed by atoms with Crippen LogP contribution in [0.15, 0.2) is 36.4 Å². The summed E-state index contributed by atoms with van der Waals surface area (Å²) in [4.78, 5) is 16.9. The highest BCUT2D eigenvalue weighted by molar-refractivity contribution is 6.32. The van der Waals surface area contributed by atoms with Gasteiger partial charge >= 0.3 is 0 Å². The number of nitrogens with zero attached hydrogens (tertiary/aromatic N) is 2. The van der Waals surface area contributed by atoms with Gasteiger partial charge in [-0.05, 0) is 61.7 Å². The lowest BCUT2D eigenvalue weighted by molar-refractivity contribution is -0.126. The smallest absolute Gasteiger partial charge is 0.246 e. The molecule has 30 heavy (non-hydrogen) atoms. The van der Waals surface area contributed by atoms with Crippen molar-refractivity contribution >= 4 is 29.3 Å². The van der Waals surface area contributed by atoms with Gasteiger partial charge in [0.25, 0.3) is 0 Å². The van der Waals surface area contributed by atoms with Gasteiger partial charge in [0.1, 0.15) is 0 Å². The largest absolute Gasteiger partial charge is 0.491 e. The number of halogens is 1. The molecule has 5 nitrogen and oxygen atoms in total. The monoisotopic (exact) mass is 428 g/mol. The Morgan fingerprint density at radius 2 is 1.90 bits per heavy atom. The van der Waals surface area contributed by atoms with Crippen LogP contribution in [0.2, 0.25) is 5.02 Å². The highest BCUT2D eigenvalue weighted by Crippen LogP contribution is 2.36. The first-order valence-electron chi connectivity index (χ1n) is 10.2. The lowest BCUT2D eigenvalue weighted by Gasteiger charge is -2.36. The predicted octanol–water partition coefficient (Wildman–Crippen LogP) is 4.73. The maximum Gasteiger partial charge on any atom is 0.246 e. The van der Waals surface area contributed by atoms with E-state index in [0.717, 1.165) is 18.7 Å². The van der Waals surface area contributed by atoms with Crippen molar-refractivity contribution in [2.45, 2.75) is 20.8 Å². The van der Waals surface area contributed by atoms with E-state index in [4.69, 9.17) is 21.1 Å². The lowest BCUT2D eigenvalue weighted by atomic mass is 10.1. The molecule has 0 N–H and O–H groups in total. The number of hydrogen-bond acceptors (Lipinski definition) is 4. The molecule has 2 aromatic rings. The van der Waals surface area contributed by atoms with Crippen LogP contribution < -0.4 is 14.4 Å². The normalized spacial score (nSPS) is 14.3. The summed E-state index contributed by atoms with van der Waals surface area (Å²) < 4.78 is 10.9. The average molecular weight is 429 g/mol. The summed E-state index contributed by atoms with van der Waals surface area (Å²) in [6, 6.07) is 9.98. The Morgan fingerprint density at radius 3 is 2.57 bits per heavy atom.